The molecule has 1 aromatic carbocycles. The van der Waals surface area contributed by atoms with Crippen molar-refractivity contribution in [1.29, 1.82) is 10.5 Å². The number of nitro groups is 1. The van der Waals surface area contributed by atoms with Crippen LogP contribution in [0.15, 0.2) is 30.6 Å². The van der Waals surface area contributed by atoms with E-state index in [4.69, 9.17) is 22.1 Å². The highest BCUT2D eigenvalue weighted by atomic mass is 35.5. The lowest BCUT2D eigenvalue weighted by atomic mass is 10.2. The third-order valence-electron chi connectivity index (χ3n) is 5.01. The molecule has 1 saturated heterocycles. The average Bonchev–Trinajstić information content (AvgIpc) is 2.79. The van der Waals surface area contributed by atoms with E-state index in [0.717, 1.165) is 5.69 Å². The van der Waals surface area contributed by atoms with Crippen LogP contribution in [0.5, 0.6) is 0 Å². The number of benzene rings is 1. The second-order valence-corrected chi connectivity index (χ2v) is 7.32. The second-order valence-electron chi connectivity index (χ2n) is 6.88. The maximum Gasteiger partial charge on any atom is 0.353 e. The number of hydrogen-bond donors (Lipinski definition) is 0. The van der Waals surface area contributed by atoms with Gasteiger partial charge in [0.1, 0.15) is 6.33 Å². The number of piperazine rings is 1. The first-order valence-electron chi connectivity index (χ1n) is 9.79. The van der Waals surface area contributed by atoms with Gasteiger partial charge in [-0.05, 0) is 18.2 Å². The molecular weight excluding hydrogens is 420 g/mol. The first-order chi connectivity index (χ1) is 15.0. The molecule has 1 aliphatic heterocycles. The van der Waals surface area contributed by atoms with Crippen LogP contribution < -0.4 is 14.7 Å². The van der Waals surface area contributed by atoms with Gasteiger partial charge in [0.25, 0.3) is 0 Å². The predicted molar refractivity (Wildman–Crippen MR) is 117 cm³/mol. The Morgan fingerprint density at radius 3 is 2.32 bits per heavy atom. The van der Waals surface area contributed by atoms with E-state index in [1.807, 2.05) is 41.3 Å². The Labute approximate surface area is 185 Å². The van der Waals surface area contributed by atoms with Crippen molar-refractivity contribution in [1.82, 2.24) is 9.97 Å². The molecule has 1 aliphatic rings. The van der Waals surface area contributed by atoms with E-state index in [1.54, 1.807) is 4.90 Å². The Balaban J connectivity index is 1.85. The summed E-state index contributed by atoms with van der Waals surface area (Å²) in [7, 11) is 0. The molecule has 0 aliphatic carbocycles. The fourth-order valence-electron chi connectivity index (χ4n) is 3.53. The van der Waals surface area contributed by atoms with Gasteiger partial charge < -0.3 is 14.7 Å². The lowest BCUT2D eigenvalue weighted by Crippen LogP contribution is -2.47. The molecule has 0 unspecified atom stereocenters. The van der Waals surface area contributed by atoms with Crippen LogP contribution in [-0.4, -0.2) is 54.2 Å². The van der Waals surface area contributed by atoms with E-state index < -0.39 is 4.92 Å². The minimum absolute atomic E-state index is 0.137. The molecule has 0 spiro atoms. The predicted octanol–water partition coefficient (Wildman–Crippen LogP) is 3.00. The summed E-state index contributed by atoms with van der Waals surface area (Å²) in [5.74, 6) is 0.387. The Hall–Kier alpha value is -3.63. The number of halogens is 1. The van der Waals surface area contributed by atoms with E-state index in [1.165, 1.54) is 6.33 Å². The molecule has 31 heavy (non-hydrogen) atoms. The molecule has 0 atom stereocenters. The maximum absolute atomic E-state index is 12.0. The molecule has 0 amide bonds. The van der Waals surface area contributed by atoms with Crippen molar-refractivity contribution in [3.63, 3.8) is 0 Å². The van der Waals surface area contributed by atoms with Crippen LogP contribution in [0.3, 0.4) is 0 Å². The van der Waals surface area contributed by atoms with Crippen LogP contribution >= 0.6 is 11.6 Å². The minimum Gasteiger partial charge on any atom is -0.368 e. The smallest absolute Gasteiger partial charge is 0.353 e. The van der Waals surface area contributed by atoms with Gasteiger partial charge in [0.2, 0.25) is 11.6 Å². The van der Waals surface area contributed by atoms with Crippen molar-refractivity contribution in [3.05, 3.63) is 45.7 Å². The van der Waals surface area contributed by atoms with Gasteiger partial charge in [-0.2, -0.15) is 10.5 Å². The van der Waals surface area contributed by atoms with Crippen LogP contribution in [0.4, 0.5) is 23.0 Å². The monoisotopic (exact) mass is 440 g/mol. The number of nitriles is 2. The van der Waals surface area contributed by atoms with E-state index in [-0.39, 0.29) is 43.3 Å². The first kappa shape index (κ1) is 22.1. The van der Waals surface area contributed by atoms with Gasteiger partial charge in [-0.25, -0.2) is 9.97 Å². The minimum atomic E-state index is -0.486. The van der Waals surface area contributed by atoms with Crippen LogP contribution in [-0.2, 0) is 0 Å². The van der Waals surface area contributed by atoms with Crippen molar-refractivity contribution in [2.75, 3.05) is 54.0 Å². The molecule has 11 heteroatoms. The summed E-state index contributed by atoms with van der Waals surface area (Å²) in [4.78, 5) is 25.5. The Kier molecular flexibility index (Phi) is 7.41. The van der Waals surface area contributed by atoms with Crippen LogP contribution in [0, 0.1) is 32.8 Å². The van der Waals surface area contributed by atoms with E-state index in [2.05, 4.69) is 14.9 Å². The summed E-state index contributed by atoms with van der Waals surface area (Å²) >= 11 is 6.09. The van der Waals surface area contributed by atoms with Crippen LogP contribution in [0.2, 0.25) is 5.02 Å². The number of nitrogens with zero attached hydrogens (tertiary/aromatic N) is 8. The highest BCUT2D eigenvalue weighted by molar-refractivity contribution is 6.30. The number of anilines is 3. The van der Waals surface area contributed by atoms with Gasteiger partial charge in [0.05, 0.1) is 29.9 Å². The van der Waals surface area contributed by atoms with Gasteiger partial charge in [-0.1, -0.05) is 17.7 Å². The molecule has 0 N–H and O–H groups in total. The third kappa shape index (κ3) is 5.30. The second kappa shape index (κ2) is 10.4. The number of aromatic nitrogens is 2. The van der Waals surface area contributed by atoms with Gasteiger partial charge in [0.15, 0.2) is 0 Å². The molecule has 3 rings (SSSR count). The average molecular weight is 441 g/mol. The lowest BCUT2D eigenvalue weighted by molar-refractivity contribution is -0.383. The third-order valence-corrected chi connectivity index (χ3v) is 5.24. The highest BCUT2D eigenvalue weighted by Gasteiger charge is 2.31. The Morgan fingerprint density at radius 1 is 1.10 bits per heavy atom. The molecule has 0 radical (unpaired) electrons. The topological polar surface area (TPSA) is 126 Å². The van der Waals surface area contributed by atoms with Gasteiger partial charge in [-0.15, -0.1) is 0 Å². The molecule has 1 aromatic heterocycles. The van der Waals surface area contributed by atoms with E-state index >= 15 is 0 Å². The molecule has 10 nitrogen and oxygen atoms in total. The normalized spacial score (nSPS) is 13.4. The van der Waals surface area contributed by atoms with Crippen molar-refractivity contribution in [2.24, 2.45) is 0 Å². The highest BCUT2D eigenvalue weighted by Crippen LogP contribution is 2.35. The maximum atomic E-state index is 12.0. The van der Waals surface area contributed by atoms with Crippen LogP contribution in [0.1, 0.15) is 12.8 Å². The first-order valence-corrected chi connectivity index (χ1v) is 10.2. The molecule has 0 saturated carbocycles. The molecule has 2 heterocycles. The Morgan fingerprint density at radius 2 is 1.74 bits per heavy atom. The summed E-state index contributed by atoms with van der Waals surface area (Å²) in [6.07, 6.45) is 1.63. The fraction of sp³-hybridized carbons (Fsp3) is 0.400. The van der Waals surface area contributed by atoms with Gasteiger partial charge in [-0.3, -0.25) is 10.1 Å². The molecule has 2 aromatic rings. The fourth-order valence-corrected chi connectivity index (χ4v) is 3.71. The van der Waals surface area contributed by atoms with Crippen molar-refractivity contribution in [2.45, 2.75) is 12.8 Å². The SMILES string of the molecule is N#CCCN(CCC#N)c1ncnc(N2CCN(c3cccc(Cl)c3)CC2)c1[N+](=O)[O-]. The summed E-state index contributed by atoms with van der Waals surface area (Å²) in [6.45, 7) is 2.89. The lowest BCUT2D eigenvalue weighted by Gasteiger charge is -2.36. The van der Waals surface area contributed by atoms with Gasteiger partial charge in [0, 0.05) is 50.0 Å². The largest absolute Gasteiger partial charge is 0.368 e. The van der Waals surface area contributed by atoms with Crippen molar-refractivity contribution >= 4 is 34.6 Å². The van der Waals surface area contributed by atoms with Crippen LogP contribution in [0.25, 0.3) is 0 Å². The van der Waals surface area contributed by atoms with Crippen molar-refractivity contribution in [3.8, 4) is 12.1 Å². The van der Waals surface area contributed by atoms with E-state index in [9.17, 15) is 10.1 Å². The van der Waals surface area contributed by atoms with E-state index in [0.29, 0.717) is 31.2 Å². The zero-order valence-corrected chi connectivity index (χ0v) is 17.6. The Bertz CT molecular complexity index is 993. The molecule has 0 bridgehead atoms. The standard InChI is InChI=1S/C20H21ClN8O2/c21-16-4-1-5-17(14-16)26-10-12-28(13-11-26)20-18(29(30)31)19(24-15-25-20)27(8-2-6-22)9-3-7-23/h1,4-5,14-15H,2-3,8-13H2. The molecule has 160 valence electrons. The summed E-state index contributed by atoms with van der Waals surface area (Å²) < 4.78 is 0. The number of hydrogen-bond acceptors (Lipinski definition) is 9. The number of rotatable bonds is 8. The summed E-state index contributed by atoms with van der Waals surface area (Å²) in [5, 5.41) is 30.5. The van der Waals surface area contributed by atoms with Crippen molar-refractivity contribution < 1.29 is 4.92 Å². The summed E-state index contributed by atoms with van der Waals surface area (Å²) in [5.41, 5.74) is 0.804. The zero-order valence-electron chi connectivity index (χ0n) is 16.8. The summed E-state index contributed by atoms with van der Waals surface area (Å²) in [6, 6.07) is 11.6. The molecular formula is C20H21ClN8O2. The molecule has 1 fully saturated rings. The quantitative estimate of drug-likeness (QED) is 0.449. The van der Waals surface area contributed by atoms with Gasteiger partial charge >= 0.3 is 5.69 Å². The zero-order chi connectivity index (χ0) is 22.2.